The molecule has 3 aromatic rings. The molecule has 0 fully saturated rings. The Morgan fingerprint density at radius 3 is 2.23 bits per heavy atom. The minimum atomic E-state index is -2.25. The van der Waals surface area contributed by atoms with E-state index in [-0.39, 0.29) is 18.8 Å². The molecule has 0 saturated heterocycles. The molecule has 0 amide bonds. The van der Waals surface area contributed by atoms with Gasteiger partial charge in [-0.2, -0.15) is 0 Å². The van der Waals surface area contributed by atoms with Crippen LogP contribution in [0.1, 0.15) is 42.3 Å². The molecule has 5 rings (SSSR count). The van der Waals surface area contributed by atoms with Crippen LogP contribution >= 0.6 is 0 Å². The number of ketones is 1. The van der Waals surface area contributed by atoms with E-state index in [1.165, 1.54) is 0 Å². The molecule has 7 nitrogen and oxygen atoms in total. The molecule has 0 aliphatic carbocycles. The fraction of sp³-hybridized carbons (Fsp3) is 0.182. The maximum Gasteiger partial charge on any atom is 0.379 e. The molecule has 200 valence electrons. The zero-order valence-corrected chi connectivity index (χ0v) is 22.1. The smallest absolute Gasteiger partial charge is 0.379 e. The molecule has 0 bridgehead atoms. The largest absolute Gasteiger partial charge is 0.463 e. The number of Topliss-reactive ketones (excluding diaryl/α,β-unsaturated/α-hetero) is 1. The molecule has 7 heteroatoms. The van der Waals surface area contributed by atoms with Crippen LogP contribution < -0.4 is 0 Å². The van der Waals surface area contributed by atoms with Crippen LogP contribution in [0.3, 0.4) is 0 Å². The third-order valence-electron chi connectivity index (χ3n) is 6.52. The number of carbonyl (C=O) groups excluding carboxylic acids is 3. The minimum absolute atomic E-state index is 0.00335. The van der Waals surface area contributed by atoms with Crippen LogP contribution in [0.2, 0.25) is 0 Å². The quantitative estimate of drug-likeness (QED) is 0.253. The Morgan fingerprint density at radius 2 is 1.52 bits per heavy atom. The summed E-state index contributed by atoms with van der Waals surface area (Å²) in [6, 6.07) is 25.6. The van der Waals surface area contributed by atoms with Crippen molar-refractivity contribution in [3.8, 4) is 11.8 Å². The lowest BCUT2D eigenvalue weighted by molar-refractivity contribution is -0.177. The second-order valence-corrected chi connectivity index (χ2v) is 8.98. The number of carbonyl (C=O) groups is 3. The molecular formula is C33H27NO6. The number of ether oxygens (including phenoxy) is 3. The summed E-state index contributed by atoms with van der Waals surface area (Å²) in [5, 5.41) is 0. The first-order valence-electron chi connectivity index (χ1n) is 13.0. The second kappa shape index (κ2) is 11.4. The highest BCUT2D eigenvalue weighted by molar-refractivity contribution is 6.43. The van der Waals surface area contributed by atoms with E-state index < -0.39 is 29.6 Å². The molecule has 2 unspecified atom stereocenters. The lowest BCUT2D eigenvalue weighted by Gasteiger charge is -2.46. The van der Waals surface area contributed by atoms with Crippen molar-refractivity contribution < 1.29 is 28.6 Å². The van der Waals surface area contributed by atoms with E-state index in [0.717, 1.165) is 11.1 Å². The summed E-state index contributed by atoms with van der Waals surface area (Å²) in [4.78, 5) is 42.7. The molecular weight excluding hydrogens is 506 g/mol. The van der Waals surface area contributed by atoms with E-state index in [2.05, 4.69) is 11.8 Å². The van der Waals surface area contributed by atoms with Gasteiger partial charge in [0.25, 0.3) is 11.4 Å². The van der Waals surface area contributed by atoms with Crippen LogP contribution in [0.15, 0.2) is 96.7 Å². The number of hydrogen-bond donors (Lipinski definition) is 0. The lowest BCUT2D eigenvalue weighted by Crippen LogP contribution is -2.54. The Hall–Kier alpha value is -4.93. The average Bonchev–Trinajstić information content (AvgIpc) is 3.00. The molecule has 0 radical (unpaired) electrons. The van der Waals surface area contributed by atoms with Gasteiger partial charge in [-0.05, 0) is 49.1 Å². The van der Waals surface area contributed by atoms with Crippen molar-refractivity contribution in [1.29, 1.82) is 0 Å². The van der Waals surface area contributed by atoms with Gasteiger partial charge in [0, 0.05) is 17.3 Å². The maximum atomic E-state index is 14.0. The molecule has 0 aromatic heterocycles. The monoisotopic (exact) mass is 533 g/mol. The number of esters is 2. The SMILES string of the molecule is CCOC(=O)C(=O)C1=C(c2ccccc2)N2C=Cc3ccccc3C2OC1(C#Cc1ccccc1)C(=O)OCC. The molecule has 0 saturated carbocycles. The Labute approximate surface area is 232 Å². The van der Waals surface area contributed by atoms with E-state index in [1.807, 2.05) is 66.7 Å². The maximum absolute atomic E-state index is 14.0. The van der Waals surface area contributed by atoms with Gasteiger partial charge < -0.3 is 19.1 Å². The van der Waals surface area contributed by atoms with Gasteiger partial charge in [0.2, 0.25) is 0 Å². The first-order valence-corrected chi connectivity index (χ1v) is 13.0. The summed E-state index contributed by atoms with van der Waals surface area (Å²) in [6.45, 7) is 3.23. The number of benzene rings is 3. The standard InChI is InChI=1S/C33H27NO6/c1-3-38-31(36)29(35)27-28(25-16-9-6-10-17-25)34-22-20-24-15-11-12-18-26(24)30(34)40-33(27,32(37)39-4-2)21-19-23-13-7-5-8-14-23/h5-18,20,22,30H,3-4H2,1-2H3. The van der Waals surface area contributed by atoms with Crippen LogP contribution in [-0.2, 0) is 28.6 Å². The molecule has 40 heavy (non-hydrogen) atoms. The van der Waals surface area contributed by atoms with E-state index in [1.54, 1.807) is 49.2 Å². The zero-order valence-electron chi connectivity index (χ0n) is 22.1. The van der Waals surface area contributed by atoms with E-state index in [4.69, 9.17) is 14.2 Å². The van der Waals surface area contributed by atoms with Gasteiger partial charge in [-0.25, -0.2) is 9.59 Å². The summed E-state index contributed by atoms with van der Waals surface area (Å²) in [5.41, 5.74) is 0.602. The van der Waals surface area contributed by atoms with E-state index >= 15 is 0 Å². The van der Waals surface area contributed by atoms with Gasteiger partial charge in [0.15, 0.2) is 6.23 Å². The van der Waals surface area contributed by atoms with E-state index in [0.29, 0.717) is 16.8 Å². The van der Waals surface area contributed by atoms with Crippen LogP contribution in [0, 0.1) is 11.8 Å². The minimum Gasteiger partial charge on any atom is -0.463 e. The first-order chi connectivity index (χ1) is 19.5. The van der Waals surface area contributed by atoms with Crippen molar-refractivity contribution >= 4 is 29.5 Å². The van der Waals surface area contributed by atoms with Crippen molar-refractivity contribution in [3.05, 3.63) is 119 Å². The normalized spacial score (nSPS) is 19.1. The zero-order chi connectivity index (χ0) is 28.1. The number of rotatable bonds is 6. The highest BCUT2D eigenvalue weighted by atomic mass is 16.6. The third-order valence-corrected chi connectivity index (χ3v) is 6.52. The summed E-state index contributed by atoms with van der Waals surface area (Å²) < 4.78 is 17.2. The topological polar surface area (TPSA) is 82.1 Å². The molecule has 2 aliphatic heterocycles. The highest BCUT2D eigenvalue weighted by Gasteiger charge is 2.57. The molecule has 2 heterocycles. The van der Waals surface area contributed by atoms with Crippen molar-refractivity contribution in [1.82, 2.24) is 4.90 Å². The number of hydrogen-bond acceptors (Lipinski definition) is 7. The fourth-order valence-corrected chi connectivity index (χ4v) is 4.77. The van der Waals surface area contributed by atoms with Crippen LogP contribution in [0.5, 0.6) is 0 Å². The van der Waals surface area contributed by atoms with Crippen LogP contribution in [-0.4, -0.2) is 41.4 Å². The van der Waals surface area contributed by atoms with Gasteiger partial charge in [-0.1, -0.05) is 78.7 Å². The van der Waals surface area contributed by atoms with Crippen LogP contribution in [0.4, 0.5) is 0 Å². The Balaban J connectivity index is 1.88. The van der Waals surface area contributed by atoms with Gasteiger partial charge >= 0.3 is 11.9 Å². The Kier molecular flexibility index (Phi) is 7.63. The second-order valence-electron chi connectivity index (χ2n) is 8.98. The predicted molar refractivity (Wildman–Crippen MR) is 149 cm³/mol. The van der Waals surface area contributed by atoms with Crippen molar-refractivity contribution in [2.24, 2.45) is 0 Å². The average molecular weight is 534 g/mol. The number of nitrogens with zero attached hydrogens (tertiary/aromatic N) is 1. The van der Waals surface area contributed by atoms with Crippen molar-refractivity contribution in [2.75, 3.05) is 13.2 Å². The molecule has 2 aliphatic rings. The lowest BCUT2D eigenvalue weighted by atomic mass is 9.83. The first kappa shape index (κ1) is 26.7. The van der Waals surface area contributed by atoms with E-state index in [9.17, 15) is 14.4 Å². The highest BCUT2D eigenvalue weighted by Crippen LogP contribution is 2.48. The van der Waals surface area contributed by atoms with Gasteiger partial charge in [0.05, 0.1) is 24.5 Å². The Morgan fingerprint density at radius 1 is 0.875 bits per heavy atom. The molecule has 0 spiro atoms. The molecule has 2 atom stereocenters. The summed E-state index contributed by atoms with van der Waals surface area (Å²) in [5.74, 6) is 2.88. The fourth-order valence-electron chi connectivity index (χ4n) is 4.77. The van der Waals surface area contributed by atoms with Gasteiger partial charge in [0.1, 0.15) is 0 Å². The third kappa shape index (κ3) is 4.81. The summed E-state index contributed by atoms with van der Waals surface area (Å²) >= 11 is 0. The van der Waals surface area contributed by atoms with Crippen molar-refractivity contribution in [3.63, 3.8) is 0 Å². The molecule has 3 aromatic carbocycles. The summed E-state index contributed by atoms with van der Waals surface area (Å²) in [6.07, 6.45) is 2.80. The Bertz CT molecular complexity index is 1560. The van der Waals surface area contributed by atoms with Gasteiger partial charge in [-0.15, -0.1) is 0 Å². The predicted octanol–water partition coefficient (Wildman–Crippen LogP) is 4.90. The number of fused-ring (bicyclic) bond motifs is 3. The van der Waals surface area contributed by atoms with Crippen LogP contribution in [0.25, 0.3) is 11.8 Å². The van der Waals surface area contributed by atoms with Gasteiger partial charge in [-0.3, -0.25) is 4.79 Å². The summed E-state index contributed by atoms with van der Waals surface area (Å²) in [7, 11) is 0. The van der Waals surface area contributed by atoms with Crippen molar-refractivity contribution in [2.45, 2.75) is 25.7 Å². The molecule has 0 N–H and O–H groups in total.